The maximum atomic E-state index is 13.5. The molecule has 1 fully saturated rings. The molecule has 0 aromatic heterocycles. The van der Waals surface area contributed by atoms with Crippen molar-refractivity contribution in [3.63, 3.8) is 0 Å². The maximum Gasteiger partial charge on any atom is 0.326 e. The molecule has 2 rings (SSSR count). The van der Waals surface area contributed by atoms with Crippen molar-refractivity contribution in [2.45, 2.75) is 97.4 Å². The number of aliphatic carboxylic acids is 1. The molecule has 212 valence electrons. The van der Waals surface area contributed by atoms with Crippen molar-refractivity contribution < 1.29 is 34.1 Å². The molecule has 0 bridgehead atoms. The van der Waals surface area contributed by atoms with Crippen LogP contribution in [0.1, 0.15) is 72.3 Å². The van der Waals surface area contributed by atoms with E-state index in [0.29, 0.717) is 31.4 Å². The first-order chi connectivity index (χ1) is 17.8. The standard InChI is InChI=1S/C28H43N3O7/c1-6-17(2)23(26(35)29-20(27(36)37)13-14-28(3,4)5)31-24(33)21(16-18-9-11-19(32)12-10-18)30-25(34)22-8-7-15-38-22/h9-12,17,20-23,32H,6-8,13-16H2,1-5H3,(H,29,35)(H,30,34)(H,31,33)(H,36,37)/t17-,20-,21-,22+,23-/m0/s1. The van der Waals surface area contributed by atoms with Crippen LogP contribution in [0.5, 0.6) is 5.75 Å². The van der Waals surface area contributed by atoms with Crippen molar-refractivity contribution in [1.82, 2.24) is 16.0 Å². The highest BCUT2D eigenvalue weighted by Crippen LogP contribution is 2.22. The van der Waals surface area contributed by atoms with Crippen LogP contribution in [0.2, 0.25) is 0 Å². The summed E-state index contributed by atoms with van der Waals surface area (Å²) in [6, 6.07) is 3.20. The molecule has 1 saturated heterocycles. The Labute approximate surface area is 224 Å². The van der Waals surface area contributed by atoms with Gasteiger partial charge in [0.25, 0.3) is 0 Å². The maximum absolute atomic E-state index is 13.5. The number of rotatable bonds is 13. The summed E-state index contributed by atoms with van der Waals surface area (Å²) < 4.78 is 5.45. The Hall–Kier alpha value is -3.14. The first-order valence-corrected chi connectivity index (χ1v) is 13.3. The second-order valence-electron chi connectivity index (χ2n) is 11.3. The van der Waals surface area contributed by atoms with Crippen LogP contribution >= 0.6 is 0 Å². The van der Waals surface area contributed by atoms with E-state index in [9.17, 15) is 29.4 Å². The lowest BCUT2D eigenvalue weighted by Crippen LogP contribution is -2.58. The van der Waals surface area contributed by atoms with Gasteiger partial charge < -0.3 is 30.9 Å². The smallest absolute Gasteiger partial charge is 0.326 e. The topological polar surface area (TPSA) is 154 Å². The molecule has 10 heteroatoms. The molecule has 0 spiro atoms. The minimum absolute atomic E-state index is 0.0751. The minimum atomic E-state index is -1.13. The van der Waals surface area contributed by atoms with Gasteiger partial charge in [0.15, 0.2) is 0 Å². The van der Waals surface area contributed by atoms with E-state index >= 15 is 0 Å². The van der Waals surface area contributed by atoms with Crippen molar-refractivity contribution >= 4 is 23.7 Å². The van der Waals surface area contributed by atoms with Crippen molar-refractivity contribution in [3.05, 3.63) is 29.8 Å². The normalized spacial score (nSPS) is 18.6. The van der Waals surface area contributed by atoms with Gasteiger partial charge in [0.2, 0.25) is 17.7 Å². The van der Waals surface area contributed by atoms with Crippen LogP contribution in [0.4, 0.5) is 0 Å². The zero-order valence-electron chi connectivity index (χ0n) is 23.1. The van der Waals surface area contributed by atoms with E-state index in [1.54, 1.807) is 19.1 Å². The lowest BCUT2D eigenvalue weighted by atomic mass is 9.88. The highest BCUT2D eigenvalue weighted by Gasteiger charge is 2.34. The number of hydrogen-bond acceptors (Lipinski definition) is 6. The van der Waals surface area contributed by atoms with Crippen LogP contribution < -0.4 is 16.0 Å². The lowest BCUT2D eigenvalue weighted by molar-refractivity contribution is -0.143. The number of phenolic OH excluding ortho intramolecular Hbond substituents is 1. The molecule has 1 aromatic rings. The second kappa shape index (κ2) is 14.1. The molecule has 3 amide bonds. The van der Waals surface area contributed by atoms with E-state index < -0.39 is 47.9 Å². The molecule has 0 saturated carbocycles. The molecular formula is C28H43N3O7. The van der Waals surface area contributed by atoms with Gasteiger partial charge in [-0.15, -0.1) is 0 Å². The Morgan fingerprint density at radius 3 is 2.21 bits per heavy atom. The van der Waals surface area contributed by atoms with Crippen LogP contribution in [-0.2, 0) is 30.3 Å². The van der Waals surface area contributed by atoms with Gasteiger partial charge in [0.1, 0.15) is 30.0 Å². The van der Waals surface area contributed by atoms with Crippen molar-refractivity contribution in [2.24, 2.45) is 11.3 Å². The van der Waals surface area contributed by atoms with Crippen LogP contribution in [0.3, 0.4) is 0 Å². The number of ether oxygens (including phenoxy) is 1. The van der Waals surface area contributed by atoms with Crippen molar-refractivity contribution in [2.75, 3.05) is 6.61 Å². The summed E-state index contributed by atoms with van der Waals surface area (Å²) in [6.45, 7) is 10.1. The SMILES string of the molecule is CC[C@H](C)[C@H](NC(=O)[C@H](Cc1ccc(O)cc1)NC(=O)[C@H]1CCCO1)C(=O)N[C@@H](CCC(C)(C)C)C(=O)O. The van der Waals surface area contributed by atoms with E-state index in [4.69, 9.17) is 4.74 Å². The lowest BCUT2D eigenvalue weighted by Gasteiger charge is -2.28. The molecule has 1 heterocycles. The highest BCUT2D eigenvalue weighted by molar-refractivity contribution is 5.94. The van der Waals surface area contributed by atoms with Gasteiger partial charge in [-0.05, 0) is 54.7 Å². The summed E-state index contributed by atoms with van der Waals surface area (Å²) in [4.78, 5) is 51.3. The highest BCUT2D eigenvalue weighted by atomic mass is 16.5. The third-order valence-corrected chi connectivity index (χ3v) is 6.82. The van der Waals surface area contributed by atoms with E-state index in [-0.39, 0.29) is 29.9 Å². The van der Waals surface area contributed by atoms with E-state index in [1.807, 2.05) is 27.7 Å². The van der Waals surface area contributed by atoms with E-state index in [1.165, 1.54) is 12.1 Å². The zero-order valence-corrected chi connectivity index (χ0v) is 23.1. The number of carbonyl (C=O) groups excluding carboxylic acids is 3. The molecule has 0 radical (unpaired) electrons. The first-order valence-electron chi connectivity index (χ1n) is 13.3. The van der Waals surface area contributed by atoms with Gasteiger partial charge in [0.05, 0.1) is 0 Å². The molecular weight excluding hydrogens is 490 g/mol. The number of carbonyl (C=O) groups is 4. The quantitative estimate of drug-likeness (QED) is 0.261. The van der Waals surface area contributed by atoms with Crippen LogP contribution in [-0.4, -0.2) is 64.7 Å². The summed E-state index contributed by atoms with van der Waals surface area (Å²) >= 11 is 0. The second-order valence-corrected chi connectivity index (χ2v) is 11.3. The van der Waals surface area contributed by atoms with Crippen molar-refractivity contribution in [1.29, 1.82) is 0 Å². The molecule has 5 N–H and O–H groups in total. The molecule has 0 unspecified atom stereocenters. The minimum Gasteiger partial charge on any atom is -0.508 e. The molecule has 38 heavy (non-hydrogen) atoms. The van der Waals surface area contributed by atoms with Crippen LogP contribution in [0.15, 0.2) is 24.3 Å². The number of amides is 3. The van der Waals surface area contributed by atoms with Crippen molar-refractivity contribution in [3.8, 4) is 5.75 Å². The molecule has 1 aromatic carbocycles. The van der Waals surface area contributed by atoms with E-state index in [2.05, 4.69) is 16.0 Å². The predicted molar refractivity (Wildman–Crippen MR) is 142 cm³/mol. The van der Waals surface area contributed by atoms with Gasteiger partial charge in [-0.1, -0.05) is 53.2 Å². The number of hydrogen-bond donors (Lipinski definition) is 5. The number of benzene rings is 1. The number of nitrogens with one attached hydrogen (secondary N) is 3. The fourth-order valence-electron chi connectivity index (χ4n) is 4.18. The Morgan fingerprint density at radius 2 is 1.68 bits per heavy atom. The Balaban J connectivity index is 2.20. The molecule has 10 nitrogen and oxygen atoms in total. The van der Waals surface area contributed by atoms with Gasteiger partial charge in [0, 0.05) is 13.0 Å². The number of phenols is 1. The average Bonchev–Trinajstić information content (AvgIpc) is 3.39. The molecule has 1 aliphatic heterocycles. The third-order valence-electron chi connectivity index (χ3n) is 6.82. The predicted octanol–water partition coefficient (Wildman–Crippen LogP) is 2.53. The van der Waals surface area contributed by atoms with Gasteiger partial charge in [-0.2, -0.15) is 0 Å². The average molecular weight is 534 g/mol. The fourth-order valence-corrected chi connectivity index (χ4v) is 4.18. The Bertz CT molecular complexity index is 952. The summed E-state index contributed by atoms with van der Waals surface area (Å²) in [6.07, 6.45) is 2.20. The summed E-state index contributed by atoms with van der Waals surface area (Å²) in [5, 5.41) is 27.4. The largest absolute Gasteiger partial charge is 0.508 e. The summed E-state index contributed by atoms with van der Waals surface area (Å²) in [5.41, 5.74) is 0.596. The zero-order chi connectivity index (χ0) is 28.5. The molecule has 1 aliphatic rings. The van der Waals surface area contributed by atoms with Gasteiger partial charge in [-0.25, -0.2) is 4.79 Å². The van der Waals surface area contributed by atoms with Gasteiger partial charge >= 0.3 is 5.97 Å². The molecule has 0 aliphatic carbocycles. The van der Waals surface area contributed by atoms with Gasteiger partial charge in [-0.3, -0.25) is 14.4 Å². The third kappa shape index (κ3) is 9.96. The number of aromatic hydroxyl groups is 1. The number of carboxylic acid groups (broad SMARTS) is 1. The summed E-state index contributed by atoms with van der Waals surface area (Å²) in [7, 11) is 0. The summed E-state index contributed by atoms with van der Waals surface area (Å²) in [5.74, 6) is -2.90. The fraction of sp³-hybridized carbons (Fsp3) is 0.643. The first kappa shape index (κ1) is 31.1. The van der Waals surface area contributed by atoms with Crippen LogP contribution in [0, 0.1) is 11.3 Å². The molecule has 5 atom stereocenters. The Morgan fingerprint density at radius 1 is 1.03 bits per heavy atom. The monoisotopic (exact) mass is 533 g/mol. The van der Waals surface area contributed by atoms with E-state index in [0.717, 1.165) is 6.42 Å². The Kier molecular flexibility index (Phi) is 11.6. The number of carboxylic acids is 1. The van der Waals surface area contributed by atoms with Crippen LogP contribution in [0.25, 0.3) is 0 Å².